The van der Waals surface area contributed by atoms with Crippen LogP contribution in [0.15, 0.2) is 59.6 Å². The summed E-state index contributed by atoms with van der Waals surface area (Å²) in [7, 11) is 1.98. The highest BCUT2D eigenvalue weighted by Gasteiger charge is 2.20. The number of nitrogens with zero attached hydrogens (tertiary/aromatic N) is 3. The second kappa shape index (κ2) is 6.37. The molecule has 0 aliphatic heterocycles. The zero-order chi connectivity index (χ0) is 14.5. The third-order valence-corrected chi connectivity index (χ3v) is 3.40. The quantitative estimate of drug-likeness (QED) is 0.754. The minimum absolute atomic E-state index is 0.0521. The molecular weight excluding hydrogens is 264 g/mol. The van der Waals surface area contributed by atoms with Crippen molar-refractivity contribution in [1.82, 2.24) is 19.9 Å². The highest BCUT2D eigenvalue weighted by Crippen LogP contribution is 2.20. The molecule has 0 saturated heterocycles. The van der Waals surface area contributed by atoms with Crippen molar-refractivity contribution < 1.29 is 4.42 Å². The van der Waals surface area contributed by atoms with Gasteiger partial charge < -0.3 is 14.3 Å². The highest BCUT2D eigenvalue weighted by molar-refractivity contribution is 5.16. The van der Waals surface area contributed by atoms with E-state index in [0.717, 1.165) is 30.2 Å². The normalized spacial score (nSPS) is 12.4. The molecule has 0 aliphatic carbocycles. The van der Waals surface area contributed by atoms with Crippen LogP contribution in [0, 0.1) is 0 Å². The molecule has 0 bridgehead atoms. The van der Waals surface area contributed by atoms with Crippen molar-refractivity contribution in [3.05, 3.63) is 72.5 Å². The highest BCUT2D eigenvalue weighted by atomic mass is 16.3. The molecule has 0 spiro atoms. The summed E-state index contributed by atoms with van der Waals surface area (Å²) in [6, 6.07) is 9.77. The third kappa shape index (κ3) is 3.20. The van der Waals surface area contributed by atoms with E-state index in [9.17, 15) is 0 Å². The molecule has 0 amide bonds. The van der Waals surface area contributed by atoms with Gasteiger partial charge in [0, 0.05) is 44.3 Å². The number of pyridine rings is 1. The van der Waals surface area contributed by atoms with Crippen LogP contribution in [0.4, 0.5) is 0 Å². The first-order chi connectivity index (χ1) is 10.3. The van der Waals surface area contributed by atoms with Crippen molar-refractivity contribution in [2.75, 3.05) is 6.54 Å². The molecule has 3 aromatic rings. The van der Waals surface area contributed by atoms with Gasteiger partial charge in [0.1, 0.15) is 17.6 Å². The SMILES string of the molecule is Cn1ccnc1C(NCCc1ccccn1)c1ccco1. The van der Waals surface area contributed by atoms with Crippen LogP contribution in [0.25, 0.3) is 0 Å². The van der Waals surface area contributed by atoms with Crippen molar-refractivity contribution >= 4 is 0 Å². The Morgan fingerprint density at radius 1 is 1.19 bits per heavy atom. The van der Waals surface area contributed by atoms with E-state index in [1.54, 1.807) is 12.5 Å². The average molecular weight is 282 g/mol. The lowest BCUT2D eigenvalue weighted by atomic mass is 10.2. The number of hydrogen-bond acceptors (Lipinski definition) is 4. The number of hydrogen-bond donors (Lipinski definition) is 1. The van der Waals surface area contributed by atoms with Gasteiger partial charge in [-0.25, -0.2) is 4.98 Å². The fourth-order valence-electron chi connectivity index (χ4n) is 2.32. The number of aromatic nitrogens is 3. The van der Waals surface area contributed by atoms with Gasteiger partial charge >= 0.3 is 0 Å². The fourth-order valence-corrected chi connectivity index (χ4v) is 2.32. The summed E-state index contributed by atoms with van der Waals surface area (Å²) < 4.78 is 7.55. The van der Waals surface area contributed by atoms with Gasteiger partial charge in [-0.05, 0) is 24.3 Å². The van der Waals surface area contributed by atoms with E-state index in [0.29, 0.717) is 0 Å². The van der Waals surface area contributed by atoms with Gasteiger partial charge in [0.2, 0.25) is 0 Å². The Bertz CT molecular complexity index is 661. The average Bonchev–Trinajstić information content (AvgIpc) is 3.17. The molecule has 21 heavy (non-hydrogen) atoms. The minimum atomic E-state index is -0.0521. The molecule has 0 saturated carbocycles. The first-order valence-electron chi connectivity index (χ1n) is 6.98. The van der Waals surface area contributed by atoms with E-state index in [2.05, 4.69) is 15.3 Å². The molecule has 3 rings (SSSR count). The van der Waals surface area contributed by atoms with Crippen molar-refractivity contribution in [2.45, 2.75) is 12.5 Å². The van der Waals surface area contributed by atoms with E-state index < -0.39 is 0 Å². The summed E-state index contributed by atoms with van der Waals surface area (Å²) in [5, 5.41) is 3.50. The minimum Gasteiger partial charge on any atom is -0.467 e. The van der Waals surface area contributed by atoms with Gasteiger partial charge in [-0.1, -0.05) is 6.07 Å². The smallest absolute Gasteiger partial charge is 0.133 e. The van der Waals surface area contributed by atoms with Crippen LogP contribution < -0.4 is 5.32 Å². The monoisotopic (exact) mass is 282 g/mol. The van der Waals surface area contributed by atoms with Gasteiger partial charge in [-0.3, -0.25) is 4.98 Å². The Balaban J connectivity index is 1.70. The van der Waals surface area contributed by atoms with E-state index in [1.165, 1.54) is 0 Å². The second-order valence-electron chi connectivity index (χ2n) is 4.87. The van der Waals surface area contributed by atoms with Crippen LogP contribution >= 0.6 is 0 Å². The molecule has 0 fully saturated rings. The van der Waals surface area contributed by atoms with Crippen molar-refractivity contribution in [3.8, 4) is 0 Å². The maximum atomic E-state index is 5.55. The Morgan fingerprint density at radius 3 is 2.81 bits per heavy atom. The topological polar surface area (TPSA) is 55.9 Å². The third-order valence-electron chi connectivity index (χ3n) is 3.40. The Hall–Kier alpha value is -2.40. The van der Waals surface area contributed by atoms with Gasteiger partial charge in [-0.15, -0.1) is 0 Å². The van der Waals surface area contributed by atoms with Gasteiger partial charge in [0.25, 0.3) is 0 Å². The van der Waals surface area contributed by atoms with Crippen LogP contribution in [0.3, 0.4) is 0 Å². The maximum Gasteiger partial charge on any atom is 0.133 e. The van der Waals surface area contributed by atoms with E-state index in [4.69, 9.17) is 4.42 Å². The van der Waals surface area contributed by atoms with Crippen LogP contribution in [0.2, 0.25) is 0 Å². The predicted octanol–water partition coefficient (Wildman–Crippen LogP) is 2.33. The van der Waals surface area contributed by atoms with Crippen molar-refractivity contribution in [3.63, 3.8) is 0 Å². The number of rotatable bonds is 6. The molecule has 0 aliphatic rings. The lowest BCUT2D eigenvalue weighted by molar-refractivity contribution is 0.431. The standard InChI is InChI=1S/C16H18N4O/c1-20-11-10-19-16(20)15(14-6-4-12-21-14)18-9-7-13-5-2-3-8-17-13/h2-6,8,10-12,15,18H,7,9H2,1H3. The molecule has 1 unspecified atom stereocenters. The molecule has 1 N–H and O–H groups in total. The number of nitrogens with one attached hydrogen (secondary N) is 1. The molecule has 5 nitrogen and oxygen atoms in total. The van der Waals surface area contributed by atoms with Crippen LogP contribution in [0.5, 0.6) is 0 Å². The van der Waals surface area contributed by atoms with E-state index >= 15 is 0 Å². The fraction of sp³-hybridized carbons (Fsp3) is 0.250. The van der Waals surface area contributed by atoms with E-state index in [1.807, 2.05) is 54.3 Å². The summed E-state index contributed by atoms with van der Waals surface area (Å²) in [6.07, 6.45) is 8.10. The molecule has 108 valence electrons. The number of aryl methyl sites for hydroxylation is 1. The number of imidazole rings is 1. The molecule has 3 heterocycles. The lowest BCUT2D eigenvalue weighted by Crippen LogP contribution is -2.27. The molecule has 0 aromatic carbocycles. The van der Waals surface area contributed by atoms with Crippen LogP contribution in [-0.2, 0) is 13.5 Å². The molecule has 1 atom stereocenters. The Morgan fingerprint density at radius 2 is 2.14 bits per heavy atom. The second-order valence-corrected chi connectivity index (χ2v) is 4.87. The Kier molecular flexibility index (Phi) is 4.12. The Labute approximate surface area is 123 Å². The van der Waals surface area contributed by atoms with Gasteiger partial charge in [0.15, 0.2) is 0 Å². The number of furan rings is 1. The molecule has 5 heteroatoms. The maximum absolute atomic E-state index is 5.55. The van der Waals surface area contributed by atoms with Gasteiger partial charge in [-0.2, -0.15) is 0 Å². The first-order valence-corrected chi connectivity index (χ1v) is 6.98. The molecule has 3 aromatic heterocycles. The zero-order valence-electron chi connectivity index (χ0n) is 11.9. The van der Waals surface area contributed by atoms with Gasteiger partial charge in [0.05, 0.1) is 6.26 Å². The van der Waals surface area contributed by atoms with Crippen LogP contribution in [0.1, 0.15) is 23.3 Å². The zero-order valence-corrected chi connectivity index (χ0v) is 11.9. The summed E-state index contributed by atoms with van der Waals surface area (Å²) >= 11 is 0. The summed E-state index contributed by atoms with van der Waals surface area (Å²) in [5.74, 6) is 1.80. The largest absolute Gasteiger partial charge is 0.467 e. The van der Waals surface area contributed by atoms with Crippen molar-refractivity contribution in [1.29, 1.82) is 0 Å². The summed E-state index contributed by atoms with van der Waals surface area (Å²) in [4.78, 5) is 8.76. The molecule has 0 radical (unpaired) electrons. The van der Waals surface area contributed by atoms with Crippen molar-refractivity contribution in [2.24, 2.45) is 7.05 Å². The van der Waals surface area contributed by atoms with Crippen LogP contribution in [-0.4, -0.2) is 21.1 Å². The molecular formula is C16H18N4O. The van der Waals surface area contributed by atoms with E-state index in [-0.39, 0.29) is 6.04 Å². The first kappa shape index (κ1) is 13.6. The summed E-state index contributed by atoms with van der Waals surface area (Å²) in [6.45, 7) is 0.801. The predicted molar refractivity (Wildman–Crippen MR) is 79.7 cm³/mol. The lowest BCUT2D eigenvalue weighted by Gasteiger charge is -2.16. The summed E-state index contributed by atoms with van der Waals surface area (Å²) in [5.41, 5.74) is 1.07.